The molecule has 0 aromatic carbocycles. The van der Waals surface area contributed by atoms with Gasteiger partial charge in [-0.1, -0.05) is 56.2 Å². The number of hydrogen-bond acceptors (Lipinski definition) is 5. The number of aliphatic hydroxyl groups is 1. The number of allylic oxidation sites excluding steroid dienone is 5. The third-order valence-corrected chi connectivity index (χ3v) is 6.88. The summed E-state index contributed by atoms with van der Waals surface area (Å²) in [6.07, 6.45) is 11.0. The molecule has 0 amide bonds. The lowest BCUT2D eigenvalue weighted by Crippen LogP contribution is -2.32. The maximum Gasteiger partial charge on any atom is 0.305 e. The Hall–Kier alpha value is -1.66. The number of hydrogen-bond donors (Lipinski definition) is 2. The van der Waals surface area contributed by atoms with Crippen molar-refractivity contribution in [2.24, 2.45) is 22.7 Å². The van der Waals surface area contributed by atoms with E-state index in [0.29, 0.717) is 12.5 Å². The fraction of sp³-hybridized carbons (Fsp3) is 0.654. The van der Waals surface area contributed by atoms with Gasteiger partial charge in [-0.25, -0.2) is 0 Å². The molecule has 2 N–H and O–H groups in total. The lowest BCUT2D eigenvalue weighted by atomic mass is 9.85. The van der Waals surface area contributed by atoms with Crippen LogP contribution in [0.15, 0.2) is 40.4 Å². The maximum atomic E-state index is 12.5. The molecule has 5 unspecified atom stereocenters. The van der Waals surface area contributed by atoms with Crippen molar-refractivity contribution in [3.8, 4) is 0 Å². The normalized spacial score (nSPS) is 21.3. The molecule has 0 fully saturated rings. The number of aliphatic carboxylic acids is 1. The zero-order valence-electron chi connectivity index (χ0n) is 20.5. The van der Waals surface area contributed by atoms with Crippen molar-refractivity contribution in [2.75, 3.05) is 5.75 Å². The second kappa shape index (κ2) is 14.5. The van der Waals surface area contributed by atoms with Gasteiger partial charge in [0.2, 0.25) is 0 Å². The number of ketones is 1. The molecule has 1 rings (SSSR count). The van der Waals surface area contributed by atoms with E-state index in [1.165, 1.54) is 16.2 Å². The Morgan fingerprint density at radius 3 is 2.50 bits per heavy atom. The monoisotopic (exact) mass is 463 g/mol. The van der Waals surface area contributed by atoms with Gasteiger partial charge in [0, 0.05) is 17.6 Å². The van der Waals surface area contributed by atoms with E-state index in [-0.39, 0.29) is 17.6 Å². The molecule has 0 spiro atoms. The van der Waals surface area contributed by atoms with Gasteiger partial charge in [-0.3, -0.25) is 14.6 Å². The summed E-state index contributed by atoms with van der Waals surface area (Å²) < 4.78 is 0. The minimum Gasteiger partial charge on any atom is -0.481 e. The summed E-state index contributed by atoms with van der Waals surface area (Å²) in [4.78, 5) is 27.8. The number of carboxylic acid groups (broad SMARTS) is 1. The molecular formula is C26H41NO4S. The molecular weight excluding hydrogens is 422 g/mol. The van der Waals surface area contributed by atoms with Crippen LogP contribution in [-0.2, 0) is 9.59 Å². The number of carboxylic acids is 1. The number of carbonyl (C=O) groups is 2. The molecule has 5 atom stereocenters. The molecule has 32 heavy (non-hydrogen) atoms. The Balaban J connectivity index is 2.38. The van der Waals surface area contributed by atoms with E-state index in [9.17, 15) is 14.7 Å². The summed E-state index contributed by atoms with van der Waals surface area (Å²) in [5, 5.41) is 19.9. The molecule has 1 heterocycles. The number of aliphatic imine (C=N–C) groups is 1. The summed E-state index contributed by atoms with van der Waals surface area (Å²) in [7, 11) is 0. The van der Waals surface area contributed by atoms with E-state index in [2.05, 4.69) is 57.0 Å². The Bertz CT molecular complexity index is 753. The van der Waals surface area contributed by atoms with Crippen LogP contribution in [0.1, 0.15) is 73.6 Å². The summed E-state index contributed by atoms with van der Waals surface area (Å²) in [6, 6.07) is 0.340. The third-order valence-electron chi connectivity index (χ3n) is 5.84. The molecule has 5 nitrogen and oxygen atoms in total. The van der Waals surface area contributed by atoms with E-state index < -0.39 is 24.4 Å². The molecule has 1 aliphatic heterocycles. The zero-order valence-corrected chi connectivity index (χ0v) is 21.3. The van der Waals surface area contributed by atoms with Crippen LogP contribution in [0.4, 0.5) is 0 Å². The topological polar surface area (TPSA) is 87.0 Å². The zero-order chi connectivity index (χ0) is 24.3. The number of aliphatic hydroxyl groups excluding tert-OH is 1. The molecule has 0 aliphatic carbocycles. The van der Waals surface area contributed by atoms with Crippen molar-refractivity contribution in [1.29, 1.82) is 0 Å². The summed E-state index contributed by atoms with van der Waals surface area (Å²) in [5.41, 5.74) is 2.73. The number of nitrogens with zero attached hydrogens (tertiary/aromatic N) is 1. The molecule has 0 aromatic heterocycles. The van der Waals surface area contributed by atoms with E-state index >= 15 is 0 Å². The third kappa shape index (κ3) is 11.3. The van der Waals surface area contributed by atoms with Gasteiger partial charge in [0.05, 0.1) is 23.6 Å². The molecule has 6 heteroatoms. The van der Waals surface area contributed by atoms with Crippen LogP contribution in [0.2, 0.25) is 0 Å². The molecule has 180 valence electrons. The van der Waals surface area contributed by atoms with E-state index in [4.69, 9.17) is 5.11 Å². The molecule has 0 saturated carbocycles. The fourth-order valence-corrected chi connectivity index (χ4v) is 4.67. The number of carbonyl (C=O) groups excluding carboxylic acids is 1. The highest BCUT2D eigenvalue weighted by atomic mass is 32.2. The van der Waals surface area contributed by atoms with E-state index in [1.807, 2.05) is 18.7 Å². The van der Waals surface area contributed by atoms with Crippen molar-refractivity contribution in [3.63, 3.8) is 0 Å². The summed E-state index contributed by atoms with van der Waals surface area (Å²) in [5.74, 6) is -0.742. The van der Waals surface area contributed by atoms with Gasteiger partial charge in [0.15, 0.2) is 0 Å². The van der Waals surface area contributed by atoms with Gasteiger partial charge in [-0.05, 0) is 52.4 Å². The van der Waals surface area contributed by atoms with Crippen molar-refractivity contribution < 1.29 is 19.8 Å². The first kappa shape index (κ1) is 28.4. The quantitative estimate of drug-likeness (QED) is 0.316. The van der Waals surface area contributed by atoms with Crippen LogP contribution in [0.5, 0.6) is 0 Å². The van der Waals surface area contributed by atoms with Crippen LogP contribution in [0, 0.1) is 17.8 Å². The fourth-order valence-electron chi connectivity index (χ4n) is 3.87. The molecule has 1 aliphatic rings. The Kier molecular flexibility index (Phi) is 12.8. The first-order chi connectivity index (χ1) is 15.0. The SMILES string of the molecule is CC(=CCCC(C)=CC1CSC(C)=N1)CC=CC(C)CC(C)C(=O)C(C)C(O)CC(=O)O. The van der Waals surface area contributed by atoms with Gasteiger partial charge >= 0.3 is 5.97 Å². The van der Waals surface area contributed by atoms with Crippen LogP contribution in [0.3, 0.4) is 0 Å². The minimum absolute atomic E-state index is 0.0736. The first-order valence-corrected chi connectivity index (χ1v) is 12.6. The van der Waals surface area contributed by atoms with Gasteiger partial charge in [-0.15, -0.1) is 11.8 Å². The lowest BCUT2D eigenvalue weighted by Gasteiger charge is -2.21. The predicted octanol–water partition coefficient (Wildman–Crippen LogP) is 5.84. The number of thioether (sulfide) groups is 1. The van der Waals surface area contributed by atoms with E-state index in [1.54, 1.807) is 6.92 Å². The van der Waals surface area contributed by atoms with Crippen LogP contribution in [-0.4, -0.2) is 44.9 Å². The Morgan fingerprint density at radius 2 is 1.91 bits per heavy atom. The highest BCUT2D eigenvalue weighted by Gasteiger charge is 2.28. The van der Waals surface area contributed by atoms with Crippen LogP contribution >= 0.6 is 11.8 Å². The minimum atomic E-state index is -1.13. The average molecular weight is 464 g/mol. The van der Waals surface area contributed by atoms with Gasteiger partial charge in [0.1, 0.15) is 5.78 Å². The van der Waals surface area contributed by atoms with Crippen LogP contribution in [0.25, 0.3) is 0 Å². The predicted molar refractivity (Wildman–Crippen MR) is 135 cm³/mol. The van der Waals surface area contributed by atoms with Gasteiger partial charge in [-0.2, -0.15) is 0 Å². The van der Waals surface area contributed by atoms with Crippen molar-refractivity contribution >= 4 is 28.6 Å². The van der Waals surface area contributed by atoms with Crippen molar-refractivity contribution in [3.05, 3.63) is 35.5 Å². The smallest absolute Gasteiger partial charge is 0.305 e. The standard InChI is InChI=1S/C26H41NO4S/c1-17(10-8-12-19(3)14-23-16-32-22(6)27-23)9-7-11-18(2)13-20(4)26(31)21(5)24(28)15-25(29)30/h7,10-11,14,18,20-21,23-24,28H,8-9,12-13,15-16H2,1-6H3,(H,29,30). The maximum absolute atomic E-state index is 12.5. The highest BCUT2D eigenvalue weighted by molar-refractivity contribution is 8.14. The lowest BCUT2D eigenvalue weighted by molar-refractivity contribution is -0.141. The van der Waals surface area contributed by atoms with E-state index in [0.717, 1.165) is 25.0 Å². The second-order valence-electron chi connectivity index (χ2n) is 9.23. The van der Waals surface area contributed by atoms with Crippen molar-refractivity contribution in [1.82, 2.24) is 0 Å². The van der Waals surface area contributed by atoms with Crippen molar-refractivity contribution in [2.45, 2.75) is 85.8 Å². The van der Waals surface area contributed by atoms with Gasteiger partial charge in [0.25, 0.3) is 0 Å². The summed E-state index contributed by atoms with van der Waals surface area (Å²) >= 11 is 1.83. The molecule has 0 aromatic rings. The molecule has 0 radical (unpaired) electrons. The Labute approximate surface area is 198 Å². The molecule has 0 bridgehead atoms. The van der Waals surface area contributed by atoms with Crippen LogP contribution < -0.4 is 0 Å². The summed E-state index contributed by atoms with van der Waals surface area (Å²) in [6.45, 7) is 11.9. The largest absolute Gasteiger partial charge is 0.481 e. The highest BCUT2D eigenvalue weighted by Crippen LogP contribution is 2.22. The second-order valence-corrected chi connectivity index (χ2v) is 10.4. The number of rotatable bonds is 14. The first-order valence-electron chi connectivity index (χ1n) is 11.6. The Morgan fingerprint density at radius 1 is 1.22 bits per heavy atom. The van der Waals surface area contributed by atoms with Gasteiger partial charge < -0.3 is 10.2 Å². The molecule has 0 saturated heterocycles. The number of Topliss-reactive ketones (excluding diaryl/α,β-unsaturated/α-hetero) is 1. The average Bonchev–Trinajstić information content (AvgIpc) is 3.10.